The topological polar surface area (TPSA) is 64.5 Å². The highest BCUT2D eigenvalue weighted by Crippen LogP contribution is 2.46. The first-order chi connectivity index (χ1) is 12.5. The van der Waals surface area contributed by atoms with Crippen molar-refractivity contribution in [3.05, 3.63) is 54.2 Å². The molecule has 26 heavy (non-hydrogen) atoms. The maximum Gasteiger partial charge on any atom is 0.185 e. The summed E-state index contributed by atoms with van der Waals surface area (Å²) in [5.74, 6) is 0.719. The van der Waals surface area contributed by atoms with E-state index in [1.165, 1.54) is 5.56 Å². The number of nitrogens with one attached hydrogen (secondary N) is 1. The van der Waals surface area contributed by atoms with E-state index >= 15 is 0 Å². The lowest BCUT2D eigenvalue weighted by Crippen LogP contribution is -2.54. The highest BCUT2D eigenvalue weighted by Gasteiger charge is 2.50. The molecule has 2 heterocycles. The minimum Gasteiger partial charge on any atom is -0.361 e. The van der Waals surface area contributed by atoms with Crippen LogP contribution in [-0.4, -0.2) is 52.7 Å². The number of aliphatic hydroxyl groups excluding tert-OH is 1. The Kier molecular flexibility index (Phi) is 4.42. The van der Waals surface area contributed by atoms with Crippen LogP contribution in [0.25, 0.3) is 0 Å². The standard InChI is InChI=1S/C20H27N5O/c1-24(2)20(16-7-4-3-5-8-16)12-10-19(11-13-20)15-25(18(26)22-19)17-9-6-14-21-23-17/h3-9,14,18,22,26H,10-13,15H2,1-2H3. The van der Waals surface area contributed by atoms with E-state index in [4.69, 9.17) is 0 Å². The fourth-order valence-corrected chi connectivity index (χ4v) is 4.65. The summed E-state index contributed by atoms with van der Waals surface area (Å²) in [5, 5.41) is 22.1. The van der Waals surface area contributed by atoms with Crippen molar-refractivity contribution >= 4 is 5.82 Å². The predicted molar refractivity (Wildman–Crippen MR) is 102 cm³/mol. The number of aliphatic hydroxyl groups is 1. The Hall–Kier alpha value is -2.02. The Morgan fingerprint density at radius 1 is 1.08 bits per heavy atom. The predicted octanol–water partition coefficient (Wildman–Crippen LogP) is 1.93. The van der Waals surface area contributed by atoms with Crippen LogP contribution in [0.4, 0.5) is 5.82 Å². The minimum absolute atomic E-state index is 0.0547. The largest absolute Gasteiger partial charge is 0.361 e. The summed E-state index contributed by atoms with van der Waals surface area (Å²) in [4.78, 5) is 4.28. The number of aromatic nitrogens is 2. The summed E-state index contributed by atoms with van der Waals surface area (Å²) in [6.45, 7) is 0.755. The molecule has 6 heteroatoms. The Labute approximate surface area is 154 Å². The van der Waals surface area contributed by atoms with Crippen LogP contribution in [-0.2, 0) is 5.54 Å². The van der Waals surface area contributed by atoms with Crippen LogP contribution in [0.2, 0.25) is 0 Å². The molecule has 1 saturated heterocycles. The van der Waals surface area contributed by atoms with Gasteiger partial charge in [-0.05, 0) is 57.5 Å². The van der Waals surface area contributed by atoms with Crippen molar-refractivity contribution in [2.45, 2.75) is 43.1 Å². The summed E-state index contributed by atoms with van der Waals surface area (Å²) in [6.07, 6.45) is 5.06. The number of benzene rings is 1. The zero-order chi connectivity index (χ0) is 18.2. The highest BCUT2D eigenvalue weighted by atomic mass is 16.3. The smallest absolute Gasteiger partial charge is 0.185 e. The van der Waals surface area contributed by atoms with E-state index in [0.29, 0.717) is 0 Å². The number of hydrogen-bond donors (Lipinski definition) is 2. The van der Waals surface area contributed by atoms with Gasteiger partial charge in [-0.15, -0.1) is 5.10 Å². The van der Waals surface area contributed by atoms with Crippen molar-refractivity contribution in [1.82, 2.24) is 20.4 Å². The average Bonchev–Trinajstić information content (AvgIpc) is 3.00. The molecule has 1 saturated carbocycles. The van der Waals surface area contributed by atoms with Crippen LogP contribution in [0.5, 0.6) is 0 Å². The van der Waals surface area contributed by atoms with Crippen molar-refractivity contribution in [2.75, 3.05) is 25.5 Å². The molecule has 0 radical (unpaired) electrons. The lowest BCUT2D eigenvalue weighted by Gasteiger charge is -2.49. The van der Waals surface area contributed by atoms with Crippen molar-refractivity contribution in [3.63, 3.8) is 0 Å². The number of hydrogen-bond acceptors (Lipinski definition) is 6. The maximum absolute atomic E-state index is 10.6. The molecule has 6 nitrogen and oxygen atoms in total. The first-order valence-electron chi connectivity index (χ1n) is 9.28. The number of rotatable bonds is 3. The van der Waals surface area contributed by atoms with Crippen LogP contribution in [0.15, 0.2) is 48.7 Å². The summed E-state index contributed by atoms with van der Waals surface area (Å²) < 4.78 is 0. The normalized spacial score (nSPS) is 31.7. The van der Waals surface area contributed by atoms with Gasteiger partial charge in [-0.2, -0.15) is 5.10 Å². The molecule has 2 fully saturated rings. The first-order valence-corrected chi connectivity index (χ1v) is 9.28. The molecule has 2 aromatic rings. The summed E-state index contributed by atoms with van der Waals surface area (Å²) in [7, 11) is 4.35. The van der Waals surface area contributed by atoms with Gasteiger partial charge >= 0.3 is 0 Å². The zero-order valence-electron chi connectivity index (χ0n) is 15.5. The Morgan fingerprint density at radius 3 is 2.42 bits per heavy atom. The molecule has 2 N–H and O–H groups in total. The quantitative estimate of drug-likeness (QED) is 0.879. The van der Waals surface area contributed by atoms with E-state index in [9.17, 15) is 5.11 Å². The zero-order valence-corrected chi connectivity index (χ0v) is 15.5. The summed E-state index contributed by atoms with van der Waals surface area (Å²) in [6, 6.07) is 14.5. The summed E-state index contributed by atoms with van der Waals surface area (Å²) >= 11 is 0. The number of anilines is 1. The Morgan fingerprint density at radius 2 is 1.81 bits per heavy atom. The molecular formula is C20H27N5O. The van der Waals surface area contributed by atoms with E-state index < -0.39 is 6.35 Å². The van der Waals surface area contributed by atoms with E-state index in [1.807, 2.05) is 17.0 Å². The third-order valence-electron chi connectivity index (χ3n) is 6.26. The second-order valence-corrected chi connectivity index (χ2v) is 7.80. The molecule has 1 spiro atoms. The van der Waals surface area contributed by atoms with Gasteiger partial charge in [0.15, 0.2) is 12.2 Å². The van der Waals surface area contributed by atoms with Gasteiger partial charge in [0.05, 0.1) is 0 Å². The van der Waals surface area contributed by atoms with Gasteiger partial charge in [-0.3, -0.25) is 10.2 Å². The van der Waals surface area contributed by atoms with Crippen LogP contribution in [0.3, 0.4) is 0 Å². The van der Waals surface area contributed by atoms with Gasteiger partial charge in [0, 0.05) is 23.8 Å². The van der Waals surface area contributed by atoms with Gasteiger partial charge in [-0.25, -0.2) is 0 Å². The molecule has 1 unspecified atom stereocenters. The van der Waals surface area contributed by atoms with Gasteiger partial charge in [0.1, 0.15) is 0 Å². The second kappa shape index (κ2) is 6.61. The van der Waals surface area contributed by atoms with E-state index in [0.717, 1.165) is 38.0 Å². The van der Waals surface area contributed by atoms with Gasteiger partial charge in [-0.1, -0.05) is 30.3 Å². The molecule has 1 atom stereocenters. The Balaban J connectivity index is 1.54. The van der Waals surface area contributed by atoms with Crippen molar-refractivity contribution in [3.8, 4) is 0 Å². The highest BCUT2D eigenvalue weighted by molar-refractivity contribution is 5.40. The van der Waals surface area contributed by atoms with Crippen LogP contribution in [0.1, 0.15) is 31.2 Å². The lowest BCUT2D eigenvalue weighted by atomic mass is 9.69. The molecule has 0 bridgehead atoms. The maximum atomic E-state index is 10.6. The third kappa shape index (κ3) is 2.88. The van der Waals surface area contributed by atoms with E-state index in [-0.39, 0.29) is 11.1 Å². The number of nitrogens with zero attached hydrogens (tertiary/aromatic N) is 4. The fraction of sp³-hybridized carbons (Fsp3) is 0.500. The molecule has 2 aliphatic rings. The third-order valence-corrected chi connectivity index (χ3v) is 6.26. The minimum atomic E-state index is -0.713. The van der Waals surface area contributed by atoms with Crippen LogP contribution < -0.4 is 10.2 Å². The molecule has 1 aromatic carbocycles. The van der Waals surface area contributed by atoms with Crippen LogP contribution in [0, 0.1) is 0 Å². The van der Waals surface area contributed by atoms with E-state index in [2.05, 4.69) is 64.8 Å². The molecule has 1 aliphatic heterocycles. The molecule has 1 aliphatic carbocycles. The van der Waals surface area contributed by atoms with Gasteiger partial charge in [0.25, 0.3) is 0 Å². The van der Waals surface area contributed by atoms with Crippen molar-refractivity contribution < 1.29 is 5.11 Å². The van der Waals surface area contributed by atoms with Crippen LogP contribution >= 0.6 is 0 Å². The average molecular weight is 353 g/mol. The van der Waals surface area contributed by atoms with E-state index in [1.54, 1.807) is 6.20 Å². The van der Waals surface area contributed by atoms with Gasteiger partial charge < -0.3 is 10.0 Å². The molecule has 4 rings (SSSR count). The SMILES string of the molecule is CN(C)C1(c2ccccc2)CCC2(CC1)CN(c1cccnn1)C(O)N2. The molecule has 138 valence electrons. The first kappa shape index (κ1) is 17.4. The molecular weight excluding hydrogens is 326 g/mol. The monoisotopic (exact) mass is 353 g/mol. The molecule has 1 aromatic heterocycles. The lowest BCUT2D eigenvalue weighted by molar-refractivity contribution is 0.0513. The van der Waals surface area contributed by atoms with Crippen molar-refractivity contribution in [2.24, 2.45) is 0 Å². The molecule has 0 amide bonds. The fourth-order valence-electron chi connectivity index (χ4n) is 4.65. The van der Waals surface area contributed by atoms with Crippen molar-refractivity contribution in [1.29, 1.82) is 0 Å². The second-order valence-electron chi connectivity index (χ2n) is 7.80. The Bertz CT molecular complexity index is 728. The van der Waals surface area contributed by atoms with Gasteiger partial charge in [0.2, 0.25) is 0 Å². The summed E-state index contributed by atoms with van der Waals surface area (Å²) in [5.41, 5.74) is 1.36.